The minimum Gasteiger partial charge on any atom is -0.361 e. The molecule has 0 atom stereocenters. The average Bonchev–Trinajstić information content (AvgIpc) is 3.21. The Kier molecular flexibility index (Phi) is 4.00. The SMILES string of the molecule is CN(Cc1n[nH]c2c1CCCC2)C(=O)NCc1cc(C2CC2)on1. The van der Waals surface area contributed by atoms with Gasteiger partial charge in [-0.05, 0) is 44.1 Å². The van der Waals surface area contributed by atoms with E-state index in [2.05, 4.69) is 20.7 Å². The van der Waals surface area contributed by atoms with Crippen molar-refractivity contribution >= 4 is 6.03 Å². The summed E-state index contributed by atoms with van der Waals surface area (Å²) in [6.07, 6.45) is 6.89. The molecule has 0 aliphatic heterocycles. The monoisotopic (exact) mass is 329 g/mol. The van der Waals surface area contributed by atoms with Crippen molar-refractivity contribution in [3.05, 3.63) is 34.5 Å². The third-order valence-corrected chi connectivity index (χ3v) is 4.85. The van der Waals surface area contributed by atoms with E-state index in [0.29, 0.717) is 19.0 Å². The number of aromatic nitrogens is 3. The number of carbonyl (C=O) groups excluding carboxylic acids is 1. The predicted octanol–water partition coefficient (Wildman–Crippen LogP) is 2.50. The predicted molar refractivity (Wildman–Crippen MR) is 87.4 cm³/mol. The summed E-state index contributed by atoms with van der Waals surface area (Å²) < 4.78 is 5.30. The Labute approximate surface area is 140 Å². The molecule has 0 radical (unpaired) electrons. The van der Waals surface area contributed by atoms with E-state index in [4.69, 9.17) is 4.52 Å². The maximum absolute atomic E-state index is 12.3. The van der Waals surface area contributed by atoms with Gasteiger partial charge in [0.15, 0.2) is 0 Å². The van der Waals surface area contributed by atoms with Gasteiger partial charge in [0.05, 0.1) is 18.8 Å². The maximum Gasteiger partial charge on any atom is 0.317 e. The molecule has 4 rings (SSSR count). The van der Waals surface area contributed by atoms with E-state index in [1.165, 1.54) is 36.9 Å². The first-order chi connectivity index (χ1) is 11.7. The lowest BCUT2D eigenvalue weighted by Crippen LogP contribution is -2.36. The Morgan fingerprint density at radius 1 is 1.42 bits per heavy atom. The molecule has 0 saturated heterocycles. The van der Waals surface area contributed by atoms with Crippen LogP contribution in [-0.4, -0.2) is 33.3 Å². The quantitative estimate of drug-likeness (QED) is 0.882. The van der Waals surface area contributed by atoms with Gasteiger partial charge in [0.25, 0.3) is 0 Å². The van der Waals surface area contributed by atoms with E-state index < -0.39 is 0 Å². The molecule has 1 fully saturated rings. The van der Waals surface area contributed by atoms with Gasteiger partial charge in [-0.1, -0.05) is 5.16 Å². The highest BCUT2D eigenvalue weighted by Crippen LogP contribution is 2.40. The fourth-order valence-electron chi connectivity index (χ4n) is 3.25. The summed E-state index contributed by atoms with van der Waals surface area (Å²) in [7, 11) is 1.79. The molecule has 2 amide bonds. The van der Waals surface area contributed by atoms with Crippen molar-refractivity contribution in [2.24, 2.45) is 0 Å². The average molecular weight is 329 g/mol. The standard InChI is InChI=1S/C17H23N5O2/c1-22(10-15-13-4-2-3-5-14(13)19-20-15)17(23)18-9-12-8-16(24-21-12)11-6-7-11/h8,11H,2-7,9-10H2,1H3,(H,18,23)(H,19,20). The molecule has 0 spiro atoms. The minimum atomic E-state index is -0.126. The molecule has 2 aliphatic carbocycles. The van der Waals surface area contributed by atoms with Crippen molar-refractivity contribution in [1.82, 2.24) is 25.6 Å². The van der Waals surface area contributed by atoms with E-state index in [-0.39, 0.29) is 6.03 Å². The number of aromatic amines is 1. The maximum atomic E-state index is 12.3. The van der Waals surface area contributed by atoms with Crippen molar-refractivity contribution in [1.29, 1.82) is 0 Å². The van der Waals surface area contributed by atoms with Crippen LogP contribution in [-0.2, 0) is 25.9 Å². The number of hydrogen-bond donors (Lipinski definition) is 2. The zero-order valence-electron chi connectivity index (χ0n) is 14.0. The van der Waals surface area contributed by atoms with Crippen LogP contribution in [0, 0.1) is 0 Å². The van der Waals surface area contributed by atoms with E-state index in [1.54, 1.807) is 11.9 Å². The van der Waals surface area contributed by atoms with Gasteiger partial charge in [-0.25, -0.2) is 4.79 Å². The lowest BCUT2D eigenvalue weighted by molar-refractivity contribution is 0.205. The largest absolute Gasteiger partial charge is 0.361 e. The lowest BCUT2D eigenvalue weighted by Gasteiger charge is -2.18. The van der Waals surface area contributed by atoms with Crippen molar-refractivity contribution in [3.63, 3.8) is 0 Å². The number of urea groups is 1. The first-order valence-electron chi connectivity index (χ1n) is 8.70. The number of amides is 2. The van der Waals surface area contributed by atoms with Crippen LogP contribution in [0.4, 0.5) is 4.79 Å². The van der Waals surface area contributed by atoms with Gasteiger partial charge in [0.1, 0.15) is 11.5 Å². The topological polar surface area (TPSA) is 87.0 Å². The van der Waals surface area contributed by atoms with Gasteiger partial charge in [-0.3, -0.25) is 5.10 Å². The molecule has 2 aromatic rings. The molecular formula is C17H23N5O2. The molecule has 0 unspecified atom stereocenters. The van der Waals surface area contributed by atoms with Crippen LogP contribution in [0.2, 0.25) is 0 Å². The number of aryl methyl sites for hydroxylation is 1. The molecule has 7 heteroatoms. The molecule has 2 aliphatic rings. The van der Waals surface area contributed by atoms with Crippen LogP contribution in [0.15, 0.2) is 10.6 Å². The molecule has 0 bridgehead atoms. The third kappa shape index (κ3) is 3.16. The molecule has 2 aromatic heterocycles. The fraction of sp³-hybridized carbons (Fsp3) is 0.588. The Hall–Kier alpha value is -2.31. The van der Waals surface area contributed by atoms with Crippen molar-refractivity contribution in [2.75, 3.05) is 7.05 Å². The summed E-state index contributed by atoms with van der Waals surface area (Å²) in [6, 6.07) is 1.82. The summed E-state index contributed by atoms with van der Waals surface area (Å²) in [5, 5.41) is 14.4. The molecular weight excluding hydrogens is 306 g/mol. The Balaban J connectivity index is 1.31. The highest BCUT2D eigenvalue weighted by atomic mass is 16.5. The molecule has 1 saturated carbocycles. The highest BCUT2D eigenvalue weighted by Gasteiger charge is 2.28. The van der Waals surface area contributed by atoms with Crippen LogP contribution < -0.4 is 5.32 Å². The lowest BCUT2D eigenvalue weighted by atomic mass is 9.96. The van der Waals surface area contributed by atoms with Gasteiger partial charge in [0.2, 0.25) is 0 Å². The number of H-pyrrole nitrogens is 1. The van der Waals surface area contributed by atoms with Gasteiger partial charge in [-0.15, -0.1) is 0 Å². The number of hydrogen-bond acceptors (Lipinski definition) is 4. The van der Waals surface area contributed by atoms with E-state index in [1.807, 2.05) is 6.07 Å². The van der Waals surface area contributed by atoms with Crippen LogP contribution in [0.3, 0.4) is 0 Å². The molecule has 24 heavy (non-hydrogen) atoms. The fourth-order valence-corrected chi connectivity index (χ4v) is 3.25. The Morgan fingerprint density at radius 2 is 2.25 bits per heavy atom. The van der Waals surface area contributed by atoms with Crippen molar-refractivity contribution < 1.29 is 9.32 Å². The zero-order valence-corrected chi connectivity index (χ0v) is 14.0. The molecule has 2 N–H and O–H groups in total. The summed E-state index contributed by atoms with van der Waals surface area (Å²) in [5.74, 6) is 1.48. The summed E-state index contributed by atoms with van der Waals surface area (Å²) in [6.45, 7) is 0.905. The van der Waals surface area contributed by atoms with E-state index in [0.717, 1.165) is 30.0 Å². The summed E-state index contributed by atoms with van der Waals surface area (Å²) >= 11 is 0. The smallest absolute Gasteiger partial charge is 0.317 e. The van der Waals surface area contributed by atoms with Crippen molar-refractivity contribution in [3.8, 4) is 0 Å². The van der Waals surface area contributed by atoms with Crippen LogP contribution >= 0.6 is 0 Å². The van der Waals surface area contributed by atoms with E-state index in [9.17, 15) is 4.79 Å². The number of rotatable bonds is 5. The van der Waals surface area contributed by atoms with Gasteiger partial charge >= 0.3 is 6.03 Å². The second-order valence-electron chi connectivity index (χ2n) is 6.84. The normalized spacial score (nSPS) is 16.7. The van der Waals surface area contributed by atoms with Gasteiger partial charge in [-0.2, -0.15) is 5.10 Å². The molecule has 7 nitrogen and oxygen atoms in total. The summed E-state index contributed by atoms with van der Waals surface area (Å²) in [5.41, 5.74) is 4.29. The first-order valence-corrected chi connectivity index (χ1v) is 8.70. The first kappa shape index (κ1) is 15.2. The van der Waals surface area contributed by atoms with Gasteiger partial charge < -0.3 is 14.7 Å². The minimum absolute atomic E-state index is 0.126. The second kappa shape index (κ2) is 6.30. The number of nitrogens with zero attached hydrogens (tertiary/aromatic N) is 3. The number of nitrogens with one attached hydrogen (secondary N) is 2. The van der Waals surface area contributed by atoms with Crippen LogP contribution in [0.5, 0.6) is 0 Å². The van der Waals surface area contributed by atoms with Gasteiger partial charge in [0, 0.05) is 24.7 Å². The molecule has 0 aromatic carbocycles. The highest BCUT2D eigenvalue weighted by molar-refractivity contribution is 5.73. The second-order valence-corrected chi connectivity index (χ2v) is 6.84. The Morgan fingerprint density at radius 3 is 3.08 bits per heavy atom. The number of carbonyl (C=O) groups is 1. The number of fused-ring (bicyclic) bond motifs is 1. The van der Waals surface area contributed by atoms with E-state index >= 15 is 0 Å². The summed E-state index contributed by atoms with van der Waals surface area (Å²) in [4.78, 5) is 13.9. The molecule has 2 heterocycles. The third-order valence-electron chi connectivity index (χ3n) is 4.85. The Bertz CT molecular complexity index is 731. The van der Waals surface area contributed by atoms with Crippen molar-refractivity contribution in [2.45, 2.75) is 57.5 Å². The zero-order chi connectivity index (χ0) is 16.5. The molecule has 128 valence electrons. The van der Waals surface area contributed by atoms with Crippen LogP contribution in [0.1, 0.15) is 60.0 Å². The van der Waals surface area contributed by atoms with Crippen LogP contribution in [0.25, 0.3) is 0 Å².